The maximum Gasteiger partial charge on any atom is 0.333 e. The zero-order valence-electron chi connectivity index (χ0n) is 24.4. The Hall–Kier alpha value is -4.41. The second-order valence-corrected chi connectivity index (χ2v) is 12.6. The van der Waals surface area contributed by atoms with E-state index in [1.54, 1.807) is 50.7 Å². The molecule has 1 aliphatic rings. The van der Waals surface area contributed by atoms with Crippen molar-refractivity contribution in [1.82, 2.24) is 29.1 Å². The molecule has 2 amide bonds. The minimum atomic E-state index is -0.746. The van der Waals surface area contributed by atoms with Crippen molar-refractivity contribution < 1.29 is 9.59 Å². The molecule has 0 radical (unpaired) electrons. The highest BCUT2D eigenvalue weighted by Crippen LogP contribution is 2.29. The molecule has 3 aromatic carbocycles. The Labute approximate surface area is 267 Å². The molecule has 2 aromatic heterocycles. The van der Waals surface area contributed by atoms with Crippen LogP contribution in [0.25, 0.3) is 11.4 Å². The van der Waals surface area contributed by atoms with E-state index >= 15 is 0 Å². The van der Waals surface area contributed by atoms with E-state index in [1.807, 2.05) is 75.5 Å². The molecular weight excluding hydrogens is 644 g/mol. The van der Waals surface area contributed by atoms with Crippen LogP contribution in [0.1, 0.15) is 52.9 Å². The van der Waals surface area contributed by atoms with Crippen molar-refractivity contribution in [1.29, 1.82) is 0 Å². The minimum absolute atomic E-state index is 0.0653. The number of carbonyl (C=O) groups excluding carboxylic acids is 2. The van der Waals surface area contributed by atoms with Crippen molar-refractivity contribution in [3.05, 3.63) is 134 Å². The summed E-state index contributed by atoms with van der Waals surface area (Å²) in [5.41, 5.74) is 2.23. The summed E-state index contributed by atoms with van der Waals surface area (Å²) in [6.07, 6.45) is 3.52. The molecule has 0 saturated carbocycles. The third-order valence-corrected chi connectivity index (χ3v) is 9.22. The van der Waals surface area contributed by atoms with Crippen LogP contribution in [0, 0.1) is 0 Å². The highest BCUT2D eigenvalue weighted by molar-refractivity contribution is 9.10. The maximum atomic E-state index is 14.3. The Morgan fingerprint density at radius 2 is 1.70 bits per heavy atom. The fourth-order valence-electron chi connectivity index (χ4n) is 5.60. The number of hydrogen-bond donors (Lipinski definition) is 1. The standard InChI is InChI=1S/C33H30BrClN6O3/c1-21-19-39-28(20-38(21)31(43)22-10-15-26(34)27(35)18-22)29(30(42)37-33(2,3)23-8-5-4-6-9-23)41(32(39)44)25-13-11-24(12-14-25)40-17-7-16-36-40/h4-18,21H,19-20H2,1-3H3,(H,37,42)/t21-/m1/s1. The van der Waals surface area contributed by atoms with Gasteiger partial charge in [0.2, 0.25) is 0 Å². The molecule has 0 aliphatic carbocycles. The van der Waals surface area contributed by atoms with Crippen LogP contribution in [0.2, 0.25) is 5.02 Å². The lowest BCUT2D eigenvalue weighted by molar-refractivity contribution is 0.0609. The zero-order chi connectivity index (χ0) is 31.2. The number of fused-ring (bicyclic) bond motifs is 1. The maximum absolute atomic E-state index is 14.3. The number of nitrogens with zero attached hydrogens (tertiary/aromatic N) is 5. The van der Waals surface area contributed by atoms with Gasteiger partial charge in [0, 0.05) is 35.0 Å². The predicted molar refractivity (Wildman–Crippen MR) is 173 cm³/mol. The third-order valence-electron chi connectivity index (χ3n) is 7.98. The first-order chi connectivity index (χ1) is 21.0. The highest BCUT2D eigenvalue weighted by Gasteiger charge is 2.37. The molecule has 0 saturated heterocycles. The van der Waals surface area contributed by atoms with E-state index in [1.165, 1.54) is 4.57 Å². The number of hydrogen-bond acceptors (Lipinski definition) is 4. The van der Waals surface area contributed by atoms with Gasteiger partial charge in [-0.1, -0.05) is 41.9 Å². The smallest absolute Gasteiger partial charge is 0.333 e. The van der Waals surface area contributed by atoms with Crippen LogP contribution in [-0.4, -0.2) is 41.7 Å². The van der Waals surface area contributed by atoms with Crippen molar-refractivity contribution in [3.8, 4) is 11.4 Å². The summed E-state index contributed by atoms with van der Waals surface area (Å²) in [5.74, 6) is -0.660. The van der Waals surface area contributed by atoms with Crippen LogP contribution in [0.15, 0.2) is 101 Å². The van der Waals surface area contributed by atoms with Crippen LogP contribution in [0.4, 0.5) is 0 Å². The van der Waals surface area contributed by atoms with Gasteiger partial charge < -0.3 is 10.2 Å². The van der Waals surface area contributed by atoms with Crippen molar-refractivity contribution in [2.75, 3.05) is 0 Å². The van der Waals surface area contributed by atoms with E-state index in [-0.39, 0.29) is 36.4 Å². The Bertz CT molecular complexity index is 1910. The molecule has 0 bridgehead atoms. The van der Waals surface area contributed by atoms with Gasteiger partial charge in [0.1, 0.15) is 5.69 Å². The van der Waals surface area contributed by atoms with Crippen LogP contribution in [0.3, 0.4) is 0 Å². The summed E-state index contributed by atoms with van der Waals surface area (Å²) in [7, 11) is 0. The summed E-state index contributed by atoms with van der Waals surface area (Å²) in [5, 5.41) is 7.84. The van der Waals surface area contributed by atoms with E-state index in [9.17, 15) is 14.4 Å². The number of imidazole rings is 1. The quantitative estimate of drug-likeness (QED) is 0.241. The molecule has 1 aliphatic heterocycles. The molecule has 1 atom stereocenters. The number of carbonyl (C=O) groups is 2. The topological polar surface area (TPSA) is 94.2 Å². The predicted octanol–water partition coefficient (Wildman–Crippen LogP) is 5.95. The fourth-order valence-corrected chi connectivity index (χ4v) is 6.03. The van der Waals surface area contributed by atoms with Gasteiger partial charge in [0.05, 0.1) is 34.2 Å². The van der Waals surface area contributed by atoms with Gasteiger partial charge >= 0.3 is 5.69 Å². The first kappa shape index (κ1) is 29.7. The van der Waals surface area contributed by atoms with Crippen molar-refractivity contribution in [2.45, 2.75) is 45.4 Å². The molecule has 1 N–H and O–H groups in total. The lowest BCUT2D eigenvalue weighted by Gasteiger charge is -2.35. The number of halogens is 2. The number of aromatic nitrogens is 4. The molecule has 5 aromatic rings. The summed E-state index contributed by atoms with van der Waals surface area (Å²) in [6.45, 7) is 6.02. The molecular formula is C33H30BrClN6O3. The molecule has 0 unspecified atom stereocenters. The summed E-state index contributed by atoms with van der Waals surface area (Å²) < 4.78 is 5.45. The first-order valence-corrected chi connectivity index (χ1v) is 15.3. The van der Waals surface area contributed by atoms with Gasteiger partial charge in [-0.2, -0.15) is 5.10 Å². The fraction of sp³-hybridized carbons (Fsp3) is 0.212. The zero-order valence-corrected chi connectivity index (χ0v) is 26.7. The highest BCUT2D eigenvalue weighted by atomic mass is 79.9. The monoisotopic (exact) mass is 672 g/mol. The lowest BCUT2D eigenvalue weighted by Crippen LogP contribution is -2.47. The van der Waals surface area contributed by atoms with E-state index in [0.29, 0.717) is 26.4 Å². The van der Waals surface area contributed by atoms with Crippen molar-refractivity contribution >= 4 is 39.3 Å². The van der Waals surface area contributed by atoms with E-state index in [4.69, 9.17) is 11.6 Å². The third kappa shape index (κ3) is 5.39. The van der Waals surface area contributed by atoms with E-state index < -0.39 is 11.4 Å². The van der Waals surface area contributed by atoms with Crippen LogP contribution in [0.5, 0.6) is 0 Å². The second kappa shape index (κ2) is 11.6. The molecule has 44 heavy (non-hydrogen) atoms. The lowest BCUT2D eigenvalue weighted by atomic mass is 9.94. The summed E-state index contributed by atoms with van der Waals surface area (Å²) in [6, 6.07) is 23.5. The number of amides is 2. The summed E-state index contributed by atoms with van der Waals surface area (Å²) in [4.78, 5) is 43.7. The van der Waals surface area contributed by atoms with Crippen molar-refractivity contribution in [2.24, 2.45) is 0 Å². The Morgan fingerprint density at radius 3 is 2.36 bits per heavy atom. The van der Waals surface area contributed by atoms with Gasteiger partial charge in [0.15, 0.2) is 0 Å². The molecule has 3 heterocycles. The Kier molecular flexibility index (Phi) is 7.81. The van der Waals surface area contributed by atoms with Gasteiger partial charge in [0.25, 0.3) is 11.8 Å². The number of nitrogens with one attached hydrogen (secondary N) is 1. The Morgan fingerprint density at radius 1 is 1.00 bits per heavy atom. The second-order valence-electron chi connectivity index (χ2n) is 11.3. The number of rotatable bonds is 6. The number of benzene rings is 3. The van der Waals surface area contributed by atoms with Gasteiger partial charge in [-0.25, -0.2) is 9.48 Å². The van der Waals surface area contributed by atoms with Gasteiger partial charge in [-0.3, -0.25) is 18.7 Å². The van der Waals surface area contributed by atoms with E-state index in [2.05, 4.69) is 26.3 Å². The van der Waals surface area contributed by atoms with Gasteiger partial charge in [-0.15, -0.1) is 0 Å². The minimum Gasteiger partial charge on any atom is -0.342 e. The average molecular weight is 674 g/mol. The van der Waals surface area contributed by atoms with Crippen LogP contribution in [-0.2, 0) is 18.6 Å². The Balaban J connectivity index is 1.45. The molecule has 0 fully saturated rings. The van der Waals surface area contributed by atoms with Crippen molar-refractivity contribution in [3.63, 3.8) is 0 Å². The summed E-state index contributed by atoms with van der Waals surface area (Å²) >= 11 is 9.68. The SMILES string of the molecule is C[C@@H]1Cn2c(c(C(=O)NC(C)(C)c3ccccc3)n(-c3ccc(-n4cccn4)cc3)c2=O)CN1C(=O)c1ccc(Br)c(Cl)c1. The van der Waals surface area contributed by atoms with Crippen LogP contribution < -0.4 is 11.0 Å². The molecule has 0 spiro atoms. The average Bonchev–Trinajstić information content (AvgIpc) is 3.65. The van der Waals surface area contributed by atoms with E-state index in [0.717, 1.165) is 11.3 Å². The molecule has 6 rings (SSSR count). The molecule has 11 heteroatoms. The molecule has 9 nitrogen and oxygen atoms in total. The largest absolute Gasteiger partial charge is 0.342 e. The van der Waals surface area contributed by atoms with Gasteiger partial charge in [-0.05, 0) is 90.8 Å². The normalized spacial score (nSPS) is 14.8. The van der Waals surface area contributed by atoms with Crippen LogP contribution >= 0.6 is 27.5 Å². The first-order valence-electron chi connectivity index (χ1n) is 14.1. The molecule has 224 valence electrons.